The number of nitrogens with one attached hydrogen (secondary N) is 1. The molecule has 1 aromatic carbocycles. The van der Waals surface area contributed by atoms with Crippen molar-refractivity contribution in [2.24, 2.45) is 5.92 Å². The summed E-state index contributed by atoms with van der Waals surface area (Å²) in [5, 5.41) is 14.8. The SMILES string of the molecule is CC(C)CC(CN(C)C)NCc1cc([N+](=O)[O-])ccc1Cl. The predicted octanol–water partition coefficient (Wildman–Crippen LogP) is 3.31. The number of non-ortho nitro benzene ring substituents is 1. The first kappa shape index (κ1) is 17.9. The van der Waals surface area contributed by atoms with E-state index < -0.39 is 4.92 Å². The Kier molecular flexibility index (Phi) is 7.08. The summed E-state index contributed by atoms with van der Waals surface area (Å²) in [5.41, 5.74) is 0.836. The van der Waals surface area contributed by atoms with Crippen LogP contribution < -0.4 is 5.32 Å². The summed E-state index contributed by atoms with van der Waals surface area (Å²) in [6.07, 6.45) is 1.05. The quantitative estimate of drug-likeness (QED) is 0.591. The fraction of sp³-hybridized carbons (Fsp3) is 0.600. The van der Waals surface area contributed by atoms with Crippen LogP contribution in [-0.4, -0.2) is 36.5 Å². The van der Waals surface area contributed by atoms with E-state index in [9.17, 15) is 10.1 Å². The number of hydrogen-bond donors (Lipinski definition) is 1. The van der Waals surface area contributed by atoms with Crippen molar-refractivity contribution in [2.45, 2.75) is 32.9 Å². The molecule has 1 aromatic rings. The molecule has 0 bridgehead atoms. The van der Waals surface area contributed by atoms with Gasteiger partial charge in [-0.25, -0.2) is 0 Å². The fourth-order valence-corrected chi connectivity index (χ4v) is 2.48. The normalized spacial score (nSPS) is 12.9. The van der Waals surface area contributed by atoms with E-state index in [0.29, 0.717) is 23.5 Å². The Bertz CT molecular complexity index is 468. The molecule has 0 radical (unpaired) electrons. The predicted molar refractivity (Wildman–Crippen MR) is 86.7 cm³/mol. The molecule has 5 nitrogen and oxygen atoms in total. The van der Waals surface area contributed by atoms with E-state index in [2.05, 4.69) is 24.1 Å². The summed E-state index contributed by atoms with van der Waals surface area (Å²) in [5.74, 6) is 0.586. The average molecular weight is 314 g/mol. The molecule has 1 rings (SSSR count). The zero-order valence-corrected chi connectivity index (χ0v) is 13.9. The second kappa shape index (κ2) is 8.32. The molecule has 0 amide bonds. The van der Waals surface area contributed by atoms with Crippen LogP contribution in [0.15, 0.2) is 18.2 Å². The summed E-state index contributed by atoms with van der Waals surface area (Å²) in [7, 11) is 4.07. The fourth-order valence-electron chi connectivity index (χ4n) is 2.30. The Morgan fingerprint density at radius 2 is 2.05 bits per heavy atom. The Balaban J connectivity index is 2.74. The van der Waals surface area contributed by atoms with Crippen molar-refractivity contribution in [3.63, 3.8) is 0 Å². The summed E-state index contributed by atoms with van der Waals surface area (Å²) in [6.45, 7) is 5.83. The van der Waals surface area contributed by atoms with E-state index in [4.69, 9.17) is 11.6 Å². The van der Waals surface area contributed by atoms with Crippen molar-refractivity contribution < 1.29 is 4.92 Å². The number of likely N-dealkylation sites (N-methyl/N-ethyl adjacent to an activating group) is 1. The number of hydrogen-bond acceptors (Lipinski definition) is 4. The lowest BCUT2D eigenvalue weighted by Gasteiger charge is -2.24. The molecular weight excluding hydrogens is 290 g/mol. The molecular formula is C15H24ClN3O2. The number of benzene rings is 1. The van der Waals surface area contributed by atoms with Crippen LogP contribution in [-0.2, 0) is 6.54 Å². The molecule has 118 valence electrons. The van der Waals surface area contributed by atoms with E-state index in [1.807, 2.05) is 14.1 Å². The third-order valence-corrected chi connectivity index (χ3v) is 3.53. The number of rotatable bonds is 8. The van der Waals surface area contributed by atoms with Crippen molar-refractivity contribution in [1.82, 2.24) is 10.2 Å². The van der Waals surface area contributed by atoms with E-state index in [0.717, 1.165) is 18.5 Å². The van der Waals surface area contributed by atoms with Gasteiger partial charge in [-0.3, -0.25) is 10.1 Å². The van der Waals surface area contributed by atoms with E-state index >= 15 is 0 Å². The van der Waals surface area contributed by atoms with Gasteiger partial charge < -0.3 is 10.2 Å². The zero-order valence-electron chi connectivity index (χ0n) is 13.1. The highest BCUT2D eigenvalue weighted by Crippen LogP contribution is 2.22. The second-order valence-corrected chi connectivity index (χ2v) is 6.41. The van der Waals surface area contributed by atoms with Crippen LogP contribution in [0.4, 0.5) is 5.69 Å². The highest BCUT2D eigenvalue weighted by Gasteiger charge is 2.14. The summed E-state index contributed by atoms with van der Waals surface area (Å²) in [6, 6.07) is 4.88. The van der Waals surface area contributed by atoms with Gasteiger partial charge in [-0.05, 0) is 38.1 Å². The number of nitro groups is 1. The van der Waals surface area contributed by atoms with Gasteiger partial charge in [-0.2, -0.15) is 0 Å². The number of nitrogens with zero attached hydrogens (tertiary/aromatic N) is 2. The van der Waals surface area contributed by atoms with Gasteiger partial charge in [0, 0.05) is 36.3 Å². The van der Waals surface area contributed by atoms with E-state index in [1.54, 1.807) is 6.07 Å². The monoisotopic (exact) mass is 313 g/mol. The highest BCUT2D eigenvalue weighted by molar-refractivity contribution is 6.31. The van der Waals surface area contributed by atoms with Crippen LogP contribution in [0.5, 0.6) is 0 Å². The van der Waals surface area contributed by atoms with Crippen molar-refractivity contribution in [1.29, 1.82) is 0 Å². The zero-order chi connectivity index (χ0) is 16.0. The maximum atomic E-state index is 10.8. The third kappa shape index (κ3) is 6.42. The molecule has 0 aromatic heterocycles. The Labute approximate surface area is 131 Å². The smallest absolute Gasteiger partial charge is 0.269 e. The molecule has 6 heteroatoms. The van der Waals surface area contributed by atoms with Gasteiger partial charge in [-0.15, -0.1) is 0 Å². The topological polar surface area (TPSA) is 58.4 Å². The van der Waals surface area contributed by atoms with Gasteiger partial charge in [0.15, 0.2) is 0 Å². The first-order valence-electron chi connectivity index (χ1n) is 7.10. The van der Waals surface area contributed by atoms with Crippen LogP contribution in [0.25, 0.3) is 0 Å². The highest BCUT2D eigenvalue weighted by atomic mass is 35.5. The maximum Gasteiger partial charge on any atom is 0.269 e. The van der Waals surface area contributed by atoms with Crippen LogP contribution in [0, 0.1) is 16.0 Å². The Morgan fingerprint density at radius 3 is 2.57 bits per heavy atom. The van der Waals surface area contributed by atoms with E-state index in [1.165, 1.54) is 12.1 Å². The molecule has 0 aliphatic heterocycles. The first-order valence-corrected chi connectivity index (χ1v) is 7.48. The molecule has 0 aliphatic rings. The van der Waals surface area contributed by atoms with Gasteiger partial charge in [0.2, 0.25) is 0 Å². The number of nitro benzene ring substituents is 1. The minimum absolute atomic E-state index is 0.0734. The standard InChI is InChI=1S/C15H24ClN3O2/c1-11(2)7-13(10-18(3)4)17-9-12-8-14(19(20)21)5-6-15(12)16/h5-6,8,11,13,17H,7,9-10H2,1-4H3. The molecule has 1 atom stereocenters. The van der Waals surface area contributed by atoms with Crippen LogP contribution in [0.1, 0.15) is 25.8 Å². The van der Waals surface area contributed by atoms with E-state index in [-0.39, 0.29) is 5.69 Å². The second-order valence-electron chi connectivity index (χ2n) is 6.00. The molecule has 1 N–H and O–H groups in total. The third-order valence-electron chi connectivity index (χ3n) is 3.16. The molecule has 21 heavy (non-hydrogen) atoms. The summed E-state index contributed by atoms with van der Waals surface area (Å²) < 4.78 is 0. The average Bonchev–Trinajstić information content (AvgIpc) is 2.35. The molecule has 1 unspecified atom stereocenters. The van der Waals surface area contributed by atoms with Crippen molar-refractivity contribution in [2.75, 3.05) is 20.6 Å². The number of halogens is 1. The minimum atomic E-state index is -0.398. The molecule has 0 saturated carbocycles. The van der Waals surface area contributed by atoms with Gasteiger partial charge in [0.1, 0.15) is 0 Å². The lowest BCUT2D eigenvalue weighted by atomic mass is 10.0. The summed E-state index contributed by atoms with van der Waals surface area (Å²) >= 11 is 6.12. The first-order chi connectivity index (χ1) is 9.79. The van der Waals surface area contributed by atoms with Crippen LogP contribution >= 0.6 is 11.6 Å². The molecule has 0 spiro atoms. The van der Waals surface area contributed by atoms with Gasteiger partial charge >= 0.3 is 0 Å². The summed E-state index contributed by atoms with van der Waals surface area (Å²) in [4.78, 5) is 12.6. The maximum absolute atomic E-state index is 10.8. The molecule has 0 heterocycles. The van der Waals surface area contributed by atoms with Crippen molar-refractivity contribution in [3.8, 4) is 0 Å². The van der Waals surface area contributed by atoms with Gasteiger partial charge in [-0.1, -0.05) is 25.4 Å². The molecule has 0 aliphatic carbocycles. The molecule has 0 fully saturated rings. The Hall–Kier alpha value is -1.17. The minimum Gasteiger partial charge on any atom is -0.309 e. The van der Waals surface area contributed by atoms with Gasteiger partial charge in [0.05, 0.1) is 4.92 Å². The van der Waals surface area contributed by atoms with Crippen LogP contribution in [0.3, 0.4) is 0 Å². The van der Waals surface area contributed by atoms with Crippen molar-refractivity contribution >= 4 is 17.3 Å². The van der Waals surface area contributed by atoms with Gasteiger partial charge in [0.25, 0.3) is 5.69 Å². The lowest BCUT2D eigenvalue weighted by molar-refractivity contribution is -0.384. The van der Waals surface area contributed by atoms with Crippen LogP contribution in [0.2, 0.25) is 5.02 Å². The largest absolute Gasteiger partial charge is 0.309 e. The molecule has 0 saturated heterocycles. The lowest BCUT2D eigenvalue weighted by Crippen LogP contribution is -2.38. The van der Waals surface area contributed by atoms with Crippen molar-refractivity contribution in [3.05, 3.63) is 38.9 Å². The Morgan fingerprint density at radius 1 is 1.38 bits per heavy atom.